The van der Waals surface area contributed by atoms with E-state index >= 15 is 0 Å². The molecule has 5 amide bonds. The third-order valence-electron chi connectivity index (χ3n) is 15.2. The van der Waals surface area contributed by atoms with E-state index in [9.17, 15) is 33.6 Å². The van der Waals surface area contributed by atoms with Gasteiger partial charge in [-0.05, 0) is 99.8 Å². The van der Waals surface area contributed by atoms with Gasteiger partial charge in [0.2, 0.25) is 23.6 Å². The van der Waals surface area contributed by atoms with Crippen molar-refractivity contribution in [1.82, 2.24) is 51.1 Å². The van der Waals surface area contributed by atoms with Gasteiger partial charge in [-0.1, -0.05) is 83.7 Å². The average Bonchev–Trinajstić information content (AvgIpc) is 4.16. The molecule has 76 heavy (non-hydrogen) atoms. The molecule has 0 radical (unpaired) electrons. The number of halogens is 1. The maximum Gasteiger partial charge on any atom is 0.254 e. The molecule has 18 nitrogen and oxygen atoms in total. The molecular weight excluding hydrogens is 966 g/mol. The Morgan fingerprint density at radius 1 is 0.987 bits per heavy atom. The van der Waals surface area contributed by atoms with Crippen molar-refractivity contribution < 1.29 is 28.4 Å². The van der Waals surface area contributed by atoms with E-state index in [1.165, 1.54) is 23.1 Å². The minimum atomic E-state index is -0.835. The summed E-state index contributed by atoms with van der Waals surface area (Å²) >= 11 is 0. The van der Waals surface area contributed by atoms with E-state index in [4.69, 9.17) is 10.8 Å². The number of aromatic nitrogens is 3. The first-order valence-electron chi connectivity index (χ1n) is 27.1. The molecule has 2 saturated heterocycles. The maximum atomic E-state index is 14.7. The largest absolute Gasteiger partial charge is 0.382 e. The fourth-order valence-electron chi connectivity index (χ4n) is 10.8. The highest BCUT2D eigenvalue weighted by Crippen LogP contribution is 2.42. The van der Waals surface area contributed by atoms with Gasteiger partial charge in [0.05, 0.1) is 42.6 Å². The molecule has 2 fully saturated rings. The number of fused-ring (bicyclic) bond motifs is 8. The Kier molecular flexibility index (Phi) is 19.3. The first-order valence-corrected chi connectivity index (χ1v) is 27.1. The summed E-state index contributed by atoms with van der Waals surface area (Å²) in [6.45, 7) is 11.7. The molecule has 2 bridgehead atoms. The molecule has 3 aliphatic heterocycles. The first-order chi connectivity index (χ1) is 36.4. The zero-order chi connectivity index (χ0) is 54.7. The van der Waals surface area contributed by atoms with Crippen molar-refractivity contribution in [3.63, 3.8) is 0 Å². The van der Waals surface area contributed by atoms with Crippen molar-refractivity contribution in [1.29, 1.82) is 5.26 Å². The molecule has 19 heteroatoms. The Bertz CT molecular complexity index is 2740. The summed E-state index contributed by atoms with van der Waals surface area (Å²) in [5.74, 6) is -1.29. The summed E-state index contributed by atoms with van der Waals surface area (Å²) in [5, 5.41) is 31.1. The molecule has 0 saturated carbocycles. The lowest BCUT2D eigenvalue weighted by molar-refractivity contribution is -0.144. The van der Waals surface area contributed by atoms with Crippen LogP contribution in [-0.2, 0) is 32.3 Å². The molecule has 2 aromatic heterocycles. The number of nitrogen functional groups attached to an aromatic ring is 1. The molecule has 7 rings (SSSR count). The number of carbonyl (C=O) groups is 5. The number of unbranched alkanes of at least 4 members (excludes halogenated alkanes) is 5. The minimum Gasteiger partial charge on any atom is -0.382 e. The van der Waals surface area contributed by atoms with E-state index in [-0.39, 0.29) is 73.0 Å². The highest BCUT2D eigenvalue weighted by molar-refractivity contribution is 5.96. The van der Waals surface area contributed by atoms with E-state index < -0.39 is 29.4 Å². The fourth-order valence-corrected chi connectivity index (χ4v) is 10.8. The van der Waals surface area contributed by atoms with Crippen LogP contribution >= 0.6 is 0 Å². The highest BCUT2D eigenvalue weighted by atomic mass is 19.1. The van der Waals surface area contributed by atoms with Gasteiger partial charge in [-0.3, -0.25) is 28.7 Å². The second-order valence-electron chi connectivity index (χ2n) is 21.7. The summed E-state index contributed by atoms with van der Waals surface area (Å²) in [4.78, 5) is 78.4. The van der Waals surface area contributed by atoms with Gasteiger partial charge in [-0.25, -0.2) is 9.37 Å². The predicted molar refractivity (Wildman–Crippen MR) is 291 cm³/mol. The lowest BCUT2D eigenvalue weighted by Crippen LogP contribution is -2.59. The molecule has 2 aromatic carbocycles. The predicted octanol–water partition coefficient (Wildman–Crippen LogP) is 6.28. The summed E-state index contributed by atoms with van der Waals surface area (Å²) in [5.41, 5.74) is 10.4. The number of anilines is 2. The van der Waals surface area contributed by atoms with Crippen molar-refractivity contribution >= 4 is 41.0 Å². The molecule has 4 aromatic rings. The SMILES string of the molecule is CC[C@H](NC(=O)[C@H]1C[C@@H](NCCCCCCCCC(=O)NCCn2nc3c(c2C#N)-c2cnc(N)c(c2)N2CCC[C@@H]2c2cc(F)ccc2C(=O)N(C)C3)CN1C(=O)[C@H](NC(=O)[C@@H](C)NC)C(C)(C)C)c1ccccc1. The van der Waals surface area contributed by atoms with Crippen LogP contribution in [0.5, 0.6) is 0 Å². The van der Waals surface area contributed by atoms with Gasteiger partial charge in [0.1, 0.15) is 35.5 Å². The second kappa shape index (κ2) is 25.8. The van der Waals surface area contributed by atoms with Crippen molar-refractivity contribution in [3.8, 4) is 17.2 Å². The van der Waals surface area contributed by atoms with Crippen LogP contribution in [0.4, 0.5) is 15.9 Å². The normalized spacial score (nSPS) is 18.5. The first kappa shape index (κ1) is 56.8. The van der Waals surface area contributed by atoms with Crippen molar-refractivity contribution in [3.05, 3.63) is 94.7 Å². The summed E-state index contributed by atoms with van der Waals surface area (Å²) in [6, 6.07) is 15.6. The smallest absolute Gasteiger partial charge is 0.254 e. The average molecular weight is 1040 g/mol. The summed E-state index contributed by atoms with van der Waals surface area (Å²) in [7, 11) is 3.36. The van der Waals surface area contributed by atoms with Crippen LogP contribution in [-0.4, -0.2) is 119 Å². The van der Waals surface area contributed by atoms with E-state index in [0.29, 0.717) is 78.2 Å². The van der Waals surface area contributed by atoms with Crippen molar-refractivity contribution in [2.75, 3.05) is 50.9 Å². The third-order valence-corrected chi connectivity index (χ3v) is 15.2. The second-order valence-corrected chi connectivity index (χ2v) is 21.7. The van der Waals surface area contributed by atoms with Crippen molar-refractivity contribution in [2.24, 2.45) is 5.41 Å². The van der Waals surface area contributed by atoms with Gasteiger partial charge >= 0.3 is 0 Å². The Labute approximate surface area is 447 Å². The van der Waals surface area contributed by atoms with Gasteiger partial charge in [-0.2, -0.15) is 10.4 Å². The zero-order valence-corrected chi connectivity index (χ0v) is 45.4. The van der Waals surface area contributed by atoms with Crippen molar-refractivity contribution in [2.45, 2.75) is 155 Å². The Morgan fingerprint density at radius 2 is 1.72 bits per heavy atom. The third kappa shape index (κ3) is 13.5. The zero-order valence-electron chi connectivity index (χ0n) is 45.4. The van der Waals surface area contributed by atoms with Gasteiger partial charge in [0.25, 0.3) is 5.91 Å². The van der Waals surface area contributed by atoms with E-state index in [1.54, 1.807) is 36.8 Å². The molecule has 3 aliphatic rings. The van der Waals surface area contributed by atoms with E-state index in [2.05, 4.69) is 42.5 Å². The molecule has 408 valence electrons. The van der Waals surface area contributed by atoms with Crippen LogP contribution in [0.1, 0.15) is 150 Å². The number of hydrogen-bond acceptors (Lipinski definition) is 12. The number of nitrogens with zero attached hydrogens (tertiary/aromatic N) is 7. The monoisotopic (exact) mass is 1040 g/mol. The summed E-state index contributed by atoms with van der Waals surface area (Å²) in [6.07, 6.45) is 10.1. The van der Waals surface area contributed by atoms with Crippen LogP contribution in [0.15, 0.2) is 60.8 Å². The number of carbonyl (C=O) groups excluding carboxylic acids is 5. The van der Waals surface area contributed by atoms with E-state index in [1.807, 2.05) is 64.1 Å². The summed E-state index contributed by atoms with van der Waals surface area (Å²) < 4.78 is 16.3. The highest BCUT2D eigenvalue weighted by Gasteiger charge is 2.45. The quantitative estimate of drug-likeness (QED) is 0.0507. The maximum absolute atomic E-state index is 14.7. The van der Waals surface area contributed by atoms with Gasteiger partial charge in [0, 0.05) is 62.0 Å². The number of amides is 5. The van der Waals surface area contributed by atoms with Crippen LogP contribution in [0.3, 0.4) is 0 Å². The number of nitrogens with two attached hydrogens (primary N) is 1. The molecule has 0 unspecified atom stereocenters. The Morgan fingerprint density at radius 3 is 2.43 bits per heavy atom. The number of hydrogen-bond donors (Lipinski definition) is 6. The van der Waals surface area contributed by atoms with Gasteiger partial charge < -0.3 is 47.0 Å². The number of nitrogens with one attached hydrogen (secondary N) is 5. The van der Waals surface area contributed by atoms with Crippen LogP contribution < -0.4 is 37.2 Å². The molecular formula is C57H78FN13O5. The Balaban J connectivity index is 0.882. The molecule has 6 atom stereocenters. The fraction of sp³-hybridized carbons (Fsp3) is 0.544. The van der Waals surface area contributed by atoms with Gasteiger partial charge in [-0.15, -0.1) is 0 Å². The lowest BCUT2D eigenvalue weighted by atomic mass is 9.85. The Hall–Kier alpha value is -6.91. The molecule has 5 heterocycles. The number of nitriles is 1. The molecule has 0 aliphatic carbocycles. The number of rotatable bonds is 21. The number of pyridine rings is 1. The van der Waals surface area contributed by atoms with E-state index in [0.717, 1.165) is 57.1 Å². The molecule has 0 spiro atoms. The minimum absolute atomic E-state index is 0.0689. The lowest BCUT2D eigenvalue weighted by Gasteiger charge is -2.36. The topological polar surface area (TPSA) is 236 Å². The van der Waals surface area contributed by atoms with Crippen LogP contribution in [0.25, 0.3) is 11.1 Å². The van der Waals surface area contributed by atoms with Crippen LogP contribution in [0, 0.1) is 22.6 Å². The van der Waals surface area contributed by atoms with Crippen LogP contribution in [0.2, 0.25) is 0 Å². The molecule has 7 N–H and O–H groups in total. The number of benzene rings is 2. The number of likely N-dealkylation sites (tertiary alicyclic amines) is 1. The number of likely N-dealkylation sites (N-methyl/N-ethyl adjacent to an activating group) is 1. The standard InChI is InChI=1S/C57H78FN13O5/c1-8-43(37-19-14-13-15-20-37)65-54(74)47-31-40(34-70(47)56(76)51(57(3,4)5)66-53(73)36(2)61-6)62-25-17-12-10-9-11-16-22-49(72)63-26-28-71-48(32-59)50-38-29-46(52(60)64-33-38)69-27-18-21-45(69)42-30-39(58)23-24-41(42)55(75)68(7)35-44(50)67-71/h13-15,19-20,23-24,29-30,33,36,40,43,45,47,51,61-62H,8-12,16-18,21-22,25-28,31,34-35H2,1-7H3,(H2,60,64)(H,63,72)(H,65,74)(H,66,73)/t36-,40-,43+,45-,47-,51+/m1/s1. The van der Waals surface area contributed by atoms with Gasteiger partial charge in [0.15, 0.2) is 0 Å².